The first-order valence-electron chi connectivity index (χ1n) is 9.56. The van der Waals surface area contributed by atoms with Crippen molar-refractivity contribution in [2.75, 3.05) is 19.4 Å². The highest BCUT2D eigenvalue weighted by Gasteiger charge is 2.54. The van der Waals surface area contributed by atoms with E-state index in [1.54, 1.807) is 37.3 Å². The summed E-state index contributed by atoms with van der Waals surface area (Å²) in [6.45, 7) is 1.89. The van der Waals surface area contributed by atoms with Crippen molar-refractivity contribution in [3.8, 4) is 10.4 Å². The average Bonchev–Trinajstić information content (AvgIpc) is 3.35. The van der Waals surface area contributed by atoms with Gasteiger partial charge in [0.2, 0.25) is 11.9 Å². The van der Waals surface area contributed by atoms with Gasteiger partial charge in [0.15, 0.2) is 0 Å². The summed E-state index contributed by atoms with van der Waals surface area (Å²) in [5.74, 6) is -0.0772. The molecule has 1 fully saturated rings. The van der Waals surface area contributed by atoms with Crippen molar-refractivity contribution in [3.05, 3.63) is 52.9 Å². The normalized spacial score (nSPS) is 14.9. The van der Waals surface area contributed by atoms with Crippen molar-refractivity contribution in [3.63, 3.8) is 0 Å². The summed E-state index contributed by atoms with van der Waals surface area (Å²) < 4.78 is 38.7. The van der Waals surface area contributed by atoms with Crippen molar-refractivity contribution in [1.82, 2.24) is 19.9 Å². The standard InChI is InChI=1S/C21H20F3N5OS/c1-12-8-13(15-11-26-17(31-15)20(5-6-20)18(30)29(2)3)10-14(9-12)27-19-25-7-4-16(28-19)21(22,23)24/h4,7-11H,5-6H2,1-3H3,(H,25,27,28). The van der Waals surface area contributed by atoms with Crippen LogP contribution in [0.4, 0.5) is 24.8 Å². The summed E-state index contributed by atoms with van der Waals surface area (Å²) in [6, 6.07) is 6.39. The molecule has 1 saturated carbocycles. The largest absolute Gasteiger partial charge is 0.433 e. The first-order valence-corrected chi connectivity index (χ1v) is 10.4. The first-order chi connectivity index (χ1) is 14.6. The fourth-order valence-electron chi connectivity index (χ4n) is 3.40. The second-order valence-electron chi connectivity index (χ2n) is 7.79. The van der Waals surface area contributed by atoms with Gasteiger partial charge in [-0.25, -0.2) is 15.0 Å². The number of rotatable bonds is 5. The number of carbonyl (C=O) groups is 1. The maximum absolute atomic E-state index is 12.9. The van der Waals surface area contributed by atoms with E-state index in [-0.39, 0.29) is 11.9 Å². The lowest BCUT2D eigenvalue weighted by molar-refractivity contribution is -0.141. The number of nitrogens with one attached hydrogen (secondary N) is 1. The molecule has 4 rings (SSSR count). The number of hydrogen-bond acceptors (Lipinski definition) is 6. The van der Waals surface area contributed by atoms with Crippen LogP contribution in [-0.4, -0.2) is 39.9 Å². The summed E-state index contributed by atoms with van der Waals surface area (Å²) >= 11 is 1.46. The molecule has 1 aliphatic carbocycles. The van der Waals surface area contributed by atoms with Gasteiger partial charge in [0.25, 0.3) is 0 Å². The number of carbonyl (C=O) groups excluding carboxylic acids is 1. The second-order valence-corrected chi connectivity index (χ2v) is 8.82. The van der Waals surface area contributed by atoms with Gasteiger partial charge in [-0.2, -0.15) is 13.2 Å². The number of nitrogens with zero attached hydrogens (tertiary/aromatic N) is 4. The number of anilines is 2. The molecule has 0 radical (unpaired) electrons. The number of alkyl halides is 3. The maximum Gasteiger partial charge on any atom is 0.433 e. The number of halogens is 3. The summed E-state index contributed by atoms with van der Waals surface area (Å²) in [6.07, 6.45) is -0.169. The van der Waals surface area contributed by atoms with Crippen LogP contribution in [0.1, 0.15) is 29.1 Å². The van der Waals surface area contributed by atoms with Crippen LogP contribution < -0.4 is 5.32 Å². The van der Waals surface area contributed by atoms with Crippen LogP contribution in [0.15, 0.2) is 36.7 Å². The van der Waals surface area contributed by atoms with Gasteiger partial charge in [-0.15, -0.1) is 11.3 Å². The molecule has 2 heterocycles. The van der Waals surface area contributed by atoms with Gasteiger partial charge < -0.3 is 10.2 Å². The fourth-order valence-corrected chi connectivity index (χ4v) is 4.55. The van der Waals surface area contributed by atoms with Crippen molar-refractivity contribution >= 4 is 28.9 Å². The predicted octanol–water partition coefficient (Wildman–Crippen LogP) is 4.79. The number of thiazole rings is 1. The highest BCUT2D eigenvalue weighted by Crippen LogP contribution is 2.51. The van der Waals surface area contributed by atoms with Crippen LogP contribution in [0.2, 0.25) is 0 Å². The van der Waals surface area contributed by atoms with Gasteiger partial charge >= 0.3 is 6.18 Å². The number of aromatic nitrogens is 3. The van der Waals surface area contributed by atoms with E-state index in [1.165, 1.54) is 11.3 Å². The fraction of sp³-hybridized carbons (Fsp3) is 0.333. The van der Waals surface area contributed by atoms with E-state index in [4.69, 9.17) is 0 Å². The highest BCUT2D eigenvalue weighted by atomic mass is 32.1. The first kappa shape index (κ1) is 21.2. The SMILES string of the molecule is Cc1cc(Nc2nccc(C(F)(F)F)n2)cc(-c2cnc(C3(C(=O)N(C)C)CC3)s2)c1. The van der Waals surface area contributed by atoms with Crippen LogP contribution in [0.5, 0.6) is 0 Å². The third kappa shape index (κ3) is 4.25. The number of benzene rings is 1. The number of aryl methyl sites for hydroxylation is 1. The summed E-state index contributed by atoms with van der Waals surface area (Å²) in [5.41, 5.74) is 0.794. The lowest BCUT2D eigenvalue weighted by atomic mass is 10.1. The van der Waals surface area contributed by atoms with Gasteiger partial charge in [-0.3, -0.25) is 4.79 Å². The molecular formula is C21H20F3N5OS. The summed E-state index contributed by atoms with van der Waals surface area (Å²) in [5, 5.41) is 3.64. The van der Waals surface area contributed by atoms with Gasteiger partial charge in [0.1, 0.15) is 16.1 Å². The lowest BCUT2D eigenvalue weighted by Crippen LogP contribution is -2.33. The molecule has 162 valence electrons. The quantitative estimate of drug-likeness (QED) is 0.609. The second kappa shape index (κ2) is 7.60. The molecular weight excluding hydrogens is 427 g/mol. The van der Waals surface area contributed by atoms with Crippen molar-refractivity contribution < 1.29 is 18.0 Å². The third-order valence-electron chi connectivity index (χ3n) is 5.04. The predicted molar refractivity (Wildman–Crippen MR) is 112 cm³/mol. The molecule has 0 atom stereocenters. The third-order valence-corrected chi connectivity index (χ3v) is 6.30. The minimum absolute atomic E-state index is 0.0571. The van der Waals surface area contributed by atoms with Crippen LogP contribution >= 0.6 is 11.3 Å². The molecule has 6 nitrogen and oxygen atoms in total. The number of hydrogen-bond donors (Lipinski definition) is 1. The molecule has 0 aliphatic heterocycles. The van der Waals surface area contributed by atoms with Crippen LogP contribution in [0.3, 0.4) is 0 Å². The van der Waals surface area contributed by atoms with Crippen molar-refractivity contribution in [2.24, 2.45) is 0 Å². The van der Waals surface area contributed by atoms with Gasteiger partial charge in [-0.1, -0.05) is 6.07 Å². The Bertz CT molecular complexity index is 1140. The topological polar surface area (TPSA) is 71.0 Å². The summed E-state index contributed by atoms with van der Waals surface area (Å²) in [7, 11) is 3.48. The number of likely N-dealkylation sites (N-methyl/N-ethyl adjacent to an activating group) is 1. The zero-order valence-electron chi connectivity index (χ0n) is 17.1. The molecule has 1 aromatic carbocycles. The van der Waals surface area contributed by atoms with E-state index in [0.29, 0.717) is 5.69 Å². The van der Waals surface area contributed by atoms with Gasteiger partial charge in [0, 0.05) is 32.2 Å². The van der Waals surface area contributed by atoms with Gasteiger partial charge in [-0.05, 0) is 49.1 Å². The highest BCUT2D eigenvalue weighted by molar-refractivity contribution is 7.15. The molecule has 0 unspecified atom stereocenters. The molecule has 0 saturated heterocycles. The van der Waals surface area contributed by atoms with Gasteiger partial charge in [0.05, 0.1) is 4.88 Å². The van der Waals surface area contributed by atoms with E-state index in [2.05, 4.69) is 20.3 Å². The molecule has 31 heavy (non-hydrogen) atoms. The Morgan fingerprint density at radius 1 is 1.19 bits per heavy atom. The van der Waals surface area contributed by atoms with E-state index < -0.39 is 17.3 Å². The Morgan fingerprint density at radius 3 is 2.58 bits per heavy atom. The summed E-state index contributed by atoms with van der Waals surface area (Å²) in [4.78, 5) is 27.0. The molecule has 10 heteroatoms. The van der Waals surface area contributed by atoms with E-state index in [0.717, 1.165) is 46.1 Å². The molecule has 1 aliphatic rings. The minimum atomic E-state index is -4.54. The van der Waals surface area contributed by atoms with Crippen LogP contribution in [0, 0.1) is 6.92 Å². The van der Waals surface area contributed by atoms with Crippen LogP contribution in [0.25, 0.3) is 10.4 Å². The van der Waals surface area contributed by atoms with Crippen molar-refractivity contribution in [2.45, 2.75) is 31.4 Å². The van der Waals surface area contributed by atoms with E-state index >= 15 is 0 Å². The van der Waals surface area contributed by atoms with Crippen molar-refractivity contribution in [1.29, 1.82) is 0 Å². The molecule has 0 spiro atoms. The number of amides is 1. The average molecular weight is 447 g/mol. The van der Waals surface area contributed by atoms with E-state index in [1.807, 2.05) is 13.0 Å². The molecule has 0 bridgehead atoms. The zero-order chi connectivity index (χ0) is 22.4. The molecule has 3 aromatic rings. The zero-order valence-corrected chi connectivity index (χ0v) is 17.9. The Morgan fingerprint density at radius 2 is 1.94 bits per heavy atom. The van der Waals surface area contributed by atoms with Crippen LogP contribution in [-0.2, 0) is 16.4 Å². The maximum atomic E-state index is 12.9. The Balaban J connectivity index is 1.61. The Labute approximate surface area is 181 Å². The molecule has 1 N–H and O–H groups in total. The smallest absolute Gasteiger partial charge is 0.348 e. The molecule has 2 aromatic heterocycles. The monoisotopic (exact) mass is 447 g/mol. The Kier molecular flexibility index (Phi) is 5.20. The minimum Gasteiger partial charge on any atom is -0.348 e. The lowest BCUT2D eigenvalue weighted by Gasteiger charge is -2.17. The Hall–Kier alpha value is -3.01. The molecule has 1 amide bonds. The van der Waals surface area contributed by atoms with E-state index in [9.17, 15) is 18.0 Å².